The minimum Gasteiger partial charge on any atom is -0.372 e. The van der Waals surface area contributed by atoms with Crippen LogP contribution in [-0.2, 0) is 0 Å². The van der Waals surface area contributed by atoms with Gasteiger partial charge in [-0.2, -0.15) is 0 Å². The summed E-state index contributed by atoms with van der Waals surface area (Å²) in [6.45, 7) is 0.720. The van der Waals surface area contributed by atoms with Gasteiger partial charge in [0.2, 0.25) is 0 Å². The molecular formula is C7H10N4. The smallest absolute Gasteiger partial charge is 0.0859 e. The quantitative estimate of drug-likeness (QED) is 0.487. The SMILES string of the molecule is NC1NCNc2ccncc21. The lowest BCUT2D eigenvalue weighted by Crippen LogP contribution is -2.37. The van der Waals surface area contributed by atoms with Crippen molar-refractivity contribution in [1.29, 1.82) is 0 Å². The molecule has 0 saturated heterocycles. The number of anilines is 1. The minimum atomic E-state index is -0.0834. The Morgan fingerprint density at radius 3 is 3.36 bits per heavy atom. The summed E-state index contributed by atoms with van der Waals surface area (Å²) in [4.78, 5) is 3.99. The second-order valence-electron chi connectivity index (χ2n) is 2.50. The molecule has 2 heterocycles. The van der Waals surface area contributed by atoms with E-state index in [4.69, 9.17) is 5.73 Å². The van der Waals surface area contributed by atoms with Crippen molar-refractivity contribution in [3.8, 4) is 0 Å². The van der Waals surface area contributed by atoms with Crippen molar-refractivity contribution in [2.24, 2.45) is 5.73 Å². The van der Waals surface area contributed by atoms with Crippen molar-refractivity contribution in [1.82, 2.24) is 10.3 Å². The molecule has 1 unspecified atom stereocenters. The molecule has 2 rings (SSSR count). The Hall–Kier alpha value is -1.13. The van der Waals surface area contributed by atoms with Gasteiger partial charge in [0.25, 0.3) is 0 Å². The van der Waals surface area contributed by atoms with E-state index in [1.54, 1.807) is 12.4 Å². The summed E-state index contributed by atoms with van der Waals surface area (Å²) in [6, 6.07) is 1.93. The highest BCUT2D eigenvalue weighted by Crippen LogP contribution is 2.20. The van der Waals surface area contributed by atoms with E-state index in [1.807, 2.05) is 6.07 Å². The molecule has 0 bridgehead atoms. The fourth-order valence-electron chi connectivity index (χ4n) is 1.18. The molecule has 0 spiro atoms. The molecule has 0 saturated carbocycles. The van der Waals surface area contributed by atoms with Gasteiger partial charge in [0.15, 0.2) is 0 Å². The third kappa shape index (κ3) is 1.06. The van der Waals surface area contributed by atoms with Crippen LogP contribution in [0.3, 0.4) is 0 Å². The standard InChI is InChI=1S/C7H10N4/c8-7-5-3-9-2-1-6(5)10-4-11-7/h1-3,7,10-11H,4,8H2. The highest BCUT2D eigenvalue weighted by molar-refractivity contribution is 5.52. The zero-order valence-corrected chi connectivity index (χ0v) is 6.04. The number of rotatable bonds is 0. The first-order chi connectivity index (χ1) is 5.38. The number of pyridine rings is 1. The first kappa shape index (κ1) is 6.57. The Balaban J connectivity index is 2.44. The zero-order chi connectivity index (χ0) is 7.68. The Morgan fingerprint density at radius 2 is 2.55 bits per heavy atom. The number of hydrogen-bond acceptors (Lipinski definition) is 4. The van der Waals surface area contributed by atoms with Gasteiger partial charge in [-0.15, -0.1) is 0 Å². The van der Waals surface area contributed by atoms with Crippen molar-refractivity contribution in [2.45, 2.75) is 6.17 Å². The van der Waals surface area contributed by atoms with Crippen LogP contribution in [0.4, 0.5) is 5.69 Å². The molecular weight excluding hydrogens is 140 g/mol. The second-order valence-corrected chi connectivity index (χ2v) is 2.50. The normalized spacial score (nSPS) is 22.1. The minimum absolute atomic E-state index is 0.0834. The molecule has 58 valence electrons. The molecule has 11 heavy (non-hydrogen) atoms. The van der Waals surface area contributed by atoms with Crippen LogP contribution >= 0.6 is 0 Å². The largest absolute Gasteiger partial charge is 0.372 e. The van der Waals surface area contributed by atoms with E-state index in [1.165, 1.54) is 0 Å². The van der Waals surface area contributed by atoms with Gasteiger partial charge in [0.1, 0.15) is 0 Å². The maximum absolute atomic E-state index is 5.76. The van der Waals surface area contributed by atoms with Crippen molar-refractivity contribution < 1.29 is 0 Å². The van der Waals surface area contributed by atoms with Crippen LogP contribution in [0.15, 0.2) is 18.5 Å². The third-order valence-electron chi connectivity index (χ3n) is 1.79. The van der Waals surface area contributed by atoms with E-state index in [2.05, 4.69) is 15.6 Å². The number of nitrogens with one attached hydrogen (secondary N) is 2. The van der Waals surface area contributed by atoms with E-state index >= 15 is 0 Å². The average Bonchev–Trinajstić information content (AvgIpc) is 2.06. The fourth-order valence-corrected chi connectivity index (χ4v) is 1.18. The predicted octanol–water partition coefficient (Wildman–Crippen LogP) is 0.0115. The summed E-state index contributed by atoms with van der Waals surface area (Å²) < 4.78 is 0. The van der Waals surface area contributed by atoms with Gasteiger partial charge in [-0.05, 0) is 6.07 Å². The molecule has 1 aliphatic rings. The van der Waals surface area contributed by atoms with Gasteiger partial charge in [0.05, 0.1) is 12.8 Å². The molecule has 1 atom stereocenters. The maximum atomic E-state index is 5.76. The lowest BCUT2D eigenvalue weighted by atomic mass is 10.1. The zero-order valence-electron chi connectivity index (χ0n) is 6.04. The summed E-state index contributed by atoms with van der Waals surface area (Å²) in [5.74, 6) is 0. The Labute approximate surface area is 64.8 Å². The van der Waals surface area contributed by atoms with Crippen molar-refractivity contribution in [3.63, 3.8) is 0 Å². The fraction of sp³-hybridized carbons (Fsp3) is 0.286. The first-order valence-electron chi connectivity index (χ1n) is 3.54. The van der Waals surface area contributed by atoms with Gasteiger partial charge >= 0.3 is 0 Å². The maximum Gasteiger partial charge on any atom is 0.0859 e. The number of nitrogens with two attached hydrogens (primary N) is 1. The predicted molar refractivity (Wildman–Crippen MR) is 42.8 cm³/mol. The van der Waals surface area contributed by atoms with Crippen LogP contribution < -0.4 is 16.4 Å². The van der Waals surface area contributed by atoms with Gasteiger partial charge in [-0.25, -0.2) is 0 Å². The van der Waals surface area contributed by atoms with E-state index in [0.29, 0.717) is 0 Å². The summed E-state index contributed by atoms with van der Waals surface area (Å²) in [6.07, 6.45) is 3.45. The van der Waals surface area contributed by atoms with Gasteiger partial charge < -0.3 is 11.1 Å². The number of nitrogens with zero attached hydrogens (tertiary/aromatic N) is 1. The molecule has 4 N–H and O–H groups in total. The number of fused-ring (bicyclic) bond motifs is 1. The molecule has 1 aromatic rings. The molecule has 0 radical (unpaired) electrons. The van der Waals surface area contributed by atoms with Crippen molar-refractivity contribution in [3.05, 3.63) is 24.0 Å². The van der Waals surface area contributed by atoms with E-state index < -0.39 is 0 Å². The second kappa shape index (κ2) is 2.48. The summed E-state index contributed by atoms with van der Waals surface area (Å²) in [7, 11) is 0. The van der Waals surface area contributed by atoms with Crippen LogP contribution in [-0.4, -0.2) is 11.7 Å². The van der Waals surface area contributed by atoms with Gasteiger partial charge in [-0.3, -0.25) is 10.3 Å². The van der Waals surface area contributed by atoms with Crippen molar-refractivity contribution in [2.75, 3.05) is 12.0 Å². The van der Waals surface area contributed by atoms with Crippen LogP contribution in [0.5, 0.6) is 0 Å². The summed E-state index contributed by atoms with van der Waals surface area (Å²) in [5, 5.41) is 6.23. The molecule has 1 aromatic heterocycles. The highest BCUT2D eigenvalue weighted by atomic mass is 15.2. The molecule has 0 aliphatic carbocycles. The molecule has 0 amide bonds. The Morgan fingerprint density at radius 1 is 1.64 bits per heavy atom. The Kier molecular flexibility index (Phi) is 1.48. The summed E-state index contributed by atoms with van der Waals surface area (Å²) in [5.41, 5.74) is 7.86. The average molecular weight is 150 g/mol. The molecule has 0 aromatic carbocycles. The Bertz CT molecular complexity index is 260. The van der Waals surface area contributed by atoms with E-state index in [-0.39, 0.29) is 6.17 Å². The monoisotopic (exact) mass is 150 g/mol. The van der Waals surface area contributed by atoms with Gasteiger partial charge in [0, 0.05) is 23.6 Å². The van der Waals surface area contributed by atoms with Crippen LogP contribution in [0.1, 0.15) is 11.7 Å². The topological polar surface area (TPSA) is 63.0 Å². The third-order valence-corrected chi connectivity index (χ3v) is 1.79. The summed E-state index contributed by atoms with van der Waals surface area (Å²) >= 11 is 0. The highest BCUT2D eigenvalue weighted by Gasteiger charge is 2.14. The van der Waals surface area contributed by atoms with Crippen molar-refractivity contribution >= 4 is 5.69 Å². The van der Waals surface area contributed by atoms with Gasteiger partial charge in [-0.1, -0.05) is 0 Å². The van der Waals surface area contributed by atoms with E-state index in [0.717, 1.165) is 17.9 Å². The number of aromatic nitrogens is 1. The lowest BCUT2D eigenvalue weighted by molar-refractivity contribution is 0.558. The van der Waals surface area contributed by atoms with Crippen LogP contribution in [0.25, 0.3) is 0 Å². The lowest BCUT2D eigenvalue weighted by Gasteiger charge is -2.24. The molecule has 1 aliphatic heterocycles. The number of hydrogen-bond donors (Lipinski definition) is 3. The van der Waals surface area contributed by atoms with E-state index in [9.17, 15) is 0 Å². The molecule has 0 fully saturated rings. The van der Waals surface area contributed by atoms with Crippen LogP contribution in [0.2, 0.25) is 0 Å². The molecule has 4 heteroatoms. The first-order valence-corrected chi connectivity index (χ1v) is 3.54. The van der Waals surface area contributed by atoms with Crippen LogP contribution in [0, 0.1) is 0 Å². The molecule has 4 nitrogen and oxygen atoms in total.